The number of nitrogens with zero attached hydrogens (tertiary/aromatic N) is 1. The highest BCUT2D eigenvalue weighted by Crippen LogP contribution is 2.24. The third-order valence-corrected chi connectivity index (χ3v) is 2.83. The van der Waals surface area contributed by atoms with E-state index in [0.29, 0.717) is 28.4 Å². The number of aryl methyl sites for hydroxylation is 1. The van der Waals surface area contributed by atoms with Crippen molar-refractivity contribution in [1.29, 1.82) is 0 Å². The minimum Gasteiger partial charge on any atom is -0.497 e. The van der Waals surface area contributed by atoms with Gasteiger partial charge in [0, 0.05) is 11.5 Å². The molecular formula is C14H11NO4. The van der Waals surface area contributed by atoms with E-state index in [-0.39, 0.29) is 0 Å². The molecule has 3 rings (SSSR count). The monoisotopic (exact) mass is 257 g/mol. The van der Waals surface area contributed by atoms with Gasteiger partial charge in [-0.3, -0.25) is 0 Å². The second-order valence-corrected chi connectivity index (χ2v) is 4.18. The minimum absolute atomic E-state index is 0.348. The first-order valence-electron chi connectivity index (χ1n) is 5.73. The van der Waals surface area contributed by atoms with E-state index >= 15 is 0 Å². The summed E-state index contributed by atoms with van der Waals surface area (Å²) in [5, 5.41) is 4.53. The number of aromatic nitrogens is 1. The van der Waals surface area contributed by atoms with Crippen LogP contribution < -0.4 is 10.4 Å². The normalized spacial score (nSPS) is 10.8. The molecule has 0 saturated carbocycles. The number of methoxy groups -OCH3 is 1. The summed E-state index contributed by atoms with van der Waals surface area (Å²) >= 11 is 0. The van der Waals surface area contributed by atoms with Crippen molar-refractivity contribution in [2.45, 2.75) is 6.92 Å². The largest absolute Gasteiger partial charge is 0.497 e. The SMILES string of the molecule is COc1ccc2oc(=O)c(-c3cc(C)no3)cc2c1. The standard InChI is InChI=1S/C14H11NO4/c1-8-5-13(19-15-8)11-7-9-6-10(17-2)3-4-12(9)18-14(11)16/h3-7H,1-2H3. The average molecular weight is 257 g/mol. The summed E-state index contributed by atoms with van der Waals surface area (Å²) in [7, 11) is 1.58. The maximum atomic E-state index is 11.9. The smallest absolute Gasteiger partial charge is 0.347 e. The van der Waals surface area contributed by atoms with Crippen LogP contribution in [0, 0.1) is 6.92 Å². The molecule has 0 N–H and O–H groups in total. The van der Waals surface area contributed by atoms with Crippen LogP contribution in [0.1, 0.15) is 5.69 Å². The molecule has 0 saturated heterocycles. The van der Waals surface area contributed by atoms with Gasteiger partial charge in [-0.05, 0) is 31.2 Å². The maximum absolute atomic E-state index is 11.9. The van der Waals surface area contributed by atoms with Gasteiger partial charge in [-0.1, -0.05) is 5.16 Å². The summed E-state index contributed by atoms with van der Waals surface area (Å²) in [6, 6.07) is 8.64. The summed E-state index contributed by atoms with van der Waals surface area (Å²) in [5.74, 6) is 1.09. The molecule has 0 fully saturated rings. The molecule has 1 aromatic carbocycles. The van der Waals surface area contributed by atoms with E-state index in [9.17, 15) is 4.79 Å². The molecule has 96 valence electrons. The van der Waals surface area contributed by atoms with Crippen molar-refractivity contribution < 1.29 is 13.7 Å². The molecular weight excluding hydrogens is 246 g/mol. The van der Waals surface area contributed by atoms with Gasteiger partial charge in [-0.2, -0.15) is 0 Å². The summed E-state index contributed by atoms with van der Waals surface area (Å²) in [4.78, 5) is 11.9. The number of fused-ring (bicyclic) bond motifs is 1. The minimum atomic E-state index is -0.450. The third kappa shape index (κ3) is 1.99. The van der Waals surface area contributed by atoms with E-state index < -0.39 is 5.63 Å². The molecule has 0 radical (unpaired) electrons. The Hall–Kier alpha value is -2.56. The summed E-state index contributed by atoms with van der Waals surface area (Å²) in [6.07, 6.45) is 0. The lowest BCUT2D eigenvalue weighted by Crippen LogP contribution is -2.02. The predicted molar refractivity (Wildman–Crippen MR) is 69.3 cm³/mol. The van der Waals surface area contributed by atoms with Crippen molar-refractivity contribution in [2.75, 3.05) is 7.11 Å². The van der Waals surface area contributed by atoms with E-state index in [2.05, 4.69) is 5.16 Å². The average Bonchev–Trinajstić information content (AvgIpc) is 2.84. The van der Waals surface area contributed by atoms with Crippen molar-refractivity contribution in [3.63, 3.8) is 0 Å². The van der Waals surface area contributed by atoms with Crippen LogP contribution in [0.2, 0.25) is 0 Å². The van der Waals surface area contributed by atoms with Crippen LogP contribution in [0.3, 0.4) is 0 Å². The molecule has 5 nitrogen and oxygen atoms in total. The highest BCUT2D eigenvalue weighted by Gasteiger charge is 2.12. The highest BCUT2D eigenvalue weighted by atomic mass is 16.5. The van der Waals surface area contributed by atoms with Crippen molar-refractivity contribution in [1.82, 2.24) is 5.16 Å². The molecule has 0 unspecified atom stereocenters. The molecule has 0 aliphatic carbocycles. The van der Waals surface area contributed by atoms with Gasteiger partial charge in [0.15, 0.2) is 5.76 Å². The van der Waals surface area contributed by atoms with Gasteiger partial charge >= 0.3 is 5.63 Å². The second kappa shape index (κ2) is 4.28. The van der Waals surface area contributed by atoms with E-state index in [0.717, 1.165) is 5.39 Å². The van der Waals surface area contributed by atoms with E-state index in [1.54, 1.807) is 44.4 Å². The van der Waals surface area contributed by atoms with Crippen LogP contribution in [-0.4, -0.2) is 12.3 Å². The molecule has 0 spiro atoms. The predicted octanol–water partition coefficient (Wildman–Crippen LogP) is 2.77. The number of rotatable bonds is 2. The Kier molecular flexibility index (Phi) is 2.59. The Bertz CT molecular complexity index is 801. The summed E-state index contributed by atoms with van der Waals surface area (Å²) in [5.41, 5.74) is 1.11. The lowest BCUT2D eigenvalue weighted by molar-refractivity contribution is 0.415. The van der Waals surface area contributed by atoms with Crippen LogP contribution in [0.25, 0.3) is 22.3 Å². The summed E-state index contributed by atoms with van der Waals surface area (Å²) < 4.78 is 15.5. The Morgan fingerprint density at radius 2 is 2.05 bits per heavy atom. The van der Waals surface area contributed by atoms with Gasteiger partial charge in [0.2, 0.25) is 0 Å². The van der Waals surface area contributed by atoms with Gasteiger partial charge in [0.1, 0.15) is 16.9 Å². The lowest BCUT2D eigenvalue weighted by atomic mass is 10.1. The molecule has 2 aromatic heterocycles. The van der Waals surface area contributed by atoms with Crippen LogP contribution in [-0.2, 0) is 0 Å². The Morgan fingerprint density at radius 1 is 1.21 bits per heavy atom. The van der Waals surface area contributed by atoms with E-state index in [4.69, 9.17) is 13.7 Å². The van der Waals surface area contributed by atoms with Gasteiger partial charge < -0.3 is 13.7 Å². The molecule has 3 aromatic rings. The molecule has 0 aliphatic heterocycles. The Balaban J connectivity index is 2.25. The zero-order valence-corrected chi connectivity index (χ0v) is 10.5. The van der Waals surface area contributed by atoms with Crippen molar-refractivity contribution in [3.8, 4) is 17.1 Å². The zero-order chi connectivity index (χ0) is 13.4. The van der Waals surface area contributed by atoms with Crippen LogP contribution >= 0.6 is 0 Å². The lowest BCUT2D eigenvalue weighted by Gasteiger charge is -2.02. The Labute approximate surface area is 108 Å². The fourth-order valence-corrected chi connectivity index (χ4v) is 1.89. The number of ether oxygens (including phenoxy) is 1. The topological polar surface area (TPSA) is 65.5 Å². The molecule has 0 bridgehead atoms. The highest BCUT2D eigenvalue weighted by molar-refractivity contribution is 5.82. The Morgan fingerprint density at radius 3 is 2.74 bits per heavy atom. The van der Waals surface area contributed by atoms with Gasteiger partial charge in [0.25, 0.3) is 0 Å². The zero-order valence-electron chi connectivity index (χ0n) is 10.5. The van der Waals surface area contributed by atoms with Crippen molar-refractivity contribution >= 4 is 11.0 Å². The first kappa shape index (κ1) is 11.5. The van der Waals surface area contributed by atoms with E-state index in [1.165, 1.54) is 0 Å². The quantitative estimate of drug-likeness (QED) is 0.660. The molecule has 19 heavy (non-hydrogen) atoms. The molecule has 5 heteroatoms. The molecule has 2 heterocycles. The molecule has 0 atom stereocenters. The van der Waals surface area contributed by atoms with Gasteiger partial charge in [-0.25, -0.2) is 4.79 Å². The number of hydrogen-bond donors (Lipinski definition) is 0. The van der Waals surface area contributed by atoms with Gasteiger partial charge in [-0.15, -0.1) is 0 Å². The first-order chi connectivity index (χ1) is 9.17. The third-order valence-electron chi connectivity index (χ3n) is 2.83. The fourth-order valence-electron chi connectivity index (χ4n) is 1.89. The van der Waals surface area contributed by atoms with Crippen LogP contribution in [0.5, 0.6) is 5.75 Å². The fraction of sp³-hybridized carbons (Fsp3) is 0.143. The van der Waals surface area contributed by atoms with Crippen LogP contribution in [0.15, 0.2) is 44.1 Å². The van der Waals surface area contributed by atoms with Gasteiger partial charge in [0.05, 0.1) is 12.8 Å². The first-order valence-corrected chi connectivity index (χ1v) is 5.73. The molecule has 0 amide bonds. The molecule has 0 aliphatic rings. The van der Waals surface area contributed by atoms with E-state index in [1.807, 2.05) is 0 Å². The van der Waals surface area contributed by atoms with Crippen LogP contribution in [0.4, 0.5) is 0 Å². The van der Waals surface area contributed by atoms with Crippen molar-refractivity contribution in [2.24, 2.45) is 0 Å². The van der Waals surface area contributed by atoms with Crippen molar-refractivity contribution in [3.05, 3.63) is 46.4 Å². The number of hydrogen-bond acceptors (Lipinski definition) is 5. The second-order valence-electron chi connectivity index (χ2n) is 4.18. The number of benzene rings is 1. The summed E-state index contributed by atoms with van der Waals surface area (Å²) in [6.45, 7) is 1.79. The maximum Gasteiger partial charge on any atom is 0.347 e.